The van der Waals surface area contributed by atoms with Crippen LogP contribution in [0, 0.1) is 5.41 Å². The number of hydrogen-bond donors (Lipinski definition) is 0. The molecule has 0 aliphatic carbocycles. The first-order chi connectivity index (χ1) is 13.4. The van der Waals surface area contributed by atoms with Gasteiger partial charge in [0.1, 0.15) is 18.3 Å². The first kappa shape index (κ1) is 26.9. The Labute approximate surface area is 183 Å². The Hall–Kier alpha value is -1.18. The van der Waals surface area contributed by atoms with E-state index in [0.29, 0.717) is 13.0 Å². The van der Waals surface area contributed by atoms with Gasteiger partial charge in [0, 0.05) is 13.3 Å². The van der Waals surface area contributed by atoms with Crippen LogP contribution in [0.25, 0.3) is 0 Å². The average Bonchev–Trinajstić information content (AvgIpc) is 3.20. The van der Waals surface area contributed by atoms with Crippen LogP contribution in [0.15, 0.2) is 11.6 Å². The van der Waals surface area contributed by atoms with E-state index in [9.17, 15) is 9.59 Å². The van der Waals surface area contributed by atoms with Crippen LogP contribution in [0.4, 0.5) is 0 Å². The fraction of sp³-hybridized carbons (Fsp3) is 0.826. The maximum atomic E-state index is 11.9. The van der Waals surface area contributed by atoms with E-state index >= 15 is 0 Å². The van der Waals surface area contributed by atoms with Gasteiger partial charge in [-0.25, -0.2) is 0 Å². The molecule has 7 heteroatoms. The van der Waals surface area contributed by atoms with Crippen LogP contribution in [0.2, 0.25) is 18.1 Å². The predicted octanol–water partition coefficient (Wildman–Crippen LogP) is 5.02. The van der Waals surface area contributed by atoms with Gasteiger partial charge in [0.15, 0.2) is 8.32 Å². The van der Waals surface area contributed by atoms with Gasteiger partial charge in [-0.2, -0.15) is 0 Å². The number of esters is 2. The lowest BCUT2D eigenvalue weighted by molar-refractivity contribution is -0.151. The molecule has 1 fully saturated rings. The number of carbonyl (C=O) groups excluding carboxylic acids is 2. The number of hydrogen-bond acceptors (Lipinski definition) is 6. The summed E-state index contributed by atoms with van der Waals surface area (Å²) in [5.74, 6) is -0.615. The second-order valence-electron chi connectivity index (χ2n) is 11.1. The Bertz CT molecular complexity index is 656. The van der Waals surface area contributed by atoms with Crippen molar-refractivity contribution >= 4 is 20.3 Å². The van der Waals surface area contributed by atoms with Crippen molar-refractivity contribution in [2.75, 3.05) is 13.2 Å². The highest BCUT2D eigenvalue weighted by Gasteiger charge is 2.54. The van der Waals surface area contributed by atoms with Crippen LogP contribution in [-0.4, -0.2) is 51.3 Å². The number of rotatable bonds is 9. The zero-order valence-corrected chi connectivity index (χ0v) is 21.8. The summed E-state index contributed by atoms with van der Waals surface area (Å²) in [6.45, 7) is 22.5. The van der Waals surface area contributed by atoms with Gasteiger partial charge in [-0.15, -0.1) is 0 Å². The van der Waals surface area contributed by atoms with Gasteiger partial charge < -0.3 is 18.6 Å². The monoisotopic (exact) mass is 442 g/mol. The normalized spacial score (nSPS) is 23.7. The lowest BCUT2D eigenvalue weighted by Gasteiger charge is -2.36. The minimum absolute atomic E-state index is 0.0490. The van der Waals surface area contributed by atoms with Crippen LogP contribution >= 0.6 is 0 Å². The van der Waals surface area contributed by atoms with Gasteiger partial charge in [0.2, 0.25) is 0 Å². The van der Waals surface area contributed by atoms with Crippen molar-refractivity contribution in [3.05, 3.63) is 11.6 Å². The molecule has 6 nitrogen and oxygen atoms in total. The molecule has 0 aromatic heterocycles. The highest BCUT2D eigenvalue weighted by Crippen LogP contribution is 2.43. The molecule has 3 unspecified atom stereocenters. The molecular weight excluding hydrogens is 400 g/mol. The summed E-state index contributed by atoms with van der Waals surface area (Å²) >= 11 is 0. The third-order valence-corrected chi connectivity index (χ3v) is 10.5. The molecule has 1 aliphatic heterocycles. The minimum Gasteiger partial charge on any atom is -0.461 e. The Morgan fingerprint density at radius 1 is 1.13 bits per heavy atom. The highest BCUT2D eigenvalue weighted by atomic mass is 28.4. The van der Waals surface area contributed by atoms with E-state index in [-0.39, 0.29) is 35.3 Å². The van der Waals surface area contributed by atoms with Crippen LogP contribution in [0.3, 0.4) is 0 Å². The molecule has 1 aliphatic rings. The molecule has 30 heavy (non-hydrogen) atoms. The van der Waals surface area contributed by atoms with Gasteiger partial charge in [-0.1, -0.05) is 20.8 Å². The van der Waals surface area contributed by atoms with Gasteiger partial charge in [0.25, 0.3) is 0 Å². The zero-order valence-electron chi connectivity index (χ0n) is 20.8. The van der Waals surface area contributed by atoms with Crippen LogP contribution in [0.5, 0.6) is 0 Å². The Kier molecular flexibility index (Phi) is 8.53. The summed E-state index contributed by atoms with van der Waals surface area (Å²) in [4.78, 5) is 23.5. The van der Waals surface area contributed by atoms with E-state index in [1.54, 1.807) is 6.08 Å². The quantitative estimate of drug-likeness (QED) is 0.216. The van der Waals surface area contributed by atoms with Crippen LogP contribution in [0.1, 0.15) is 68.7 Å². The van der Waals surface area contributed by atoms with E-state index in [1.807, 2.05) is 34.6 Å². The zero-order chi connectivity index (χ0) is 23.5. The molecule has 0 bridgehead atoms. The summed E-state index contributed by atoms with van der Waals surface area (Å²) in [5.41, 5.74) is -0.0762. The smallest absolute Gasteiger partial charge is 0.311 e. The number of ether oxygens (including phenoxy) is 3. The number of epoxide rings is 1. The summed E-state index contributed by atoms with van der Waals surface area (Å²) in [5, 5.41) is 0.137. The molecule has 0 saturated carbocycles. The molecule has 0 aromatic carbocycles. The molecule has 0 N–H and O–H groups in total. The second-order valence-corrected chi connectivity index (χ2v) is 15.9. The van der Waals surface area contributed by atoms with Crippen molar-refractivity contribution in [1.82, 2.24) is 0 Å². The molecule has 174 valence electrons. The molecule has 3 atom stereocenters. The van der Waals surface area contributed by atoms with Crippen molar-refractivity contribution < 1.29 is 28.2 Å². The molecule has 1 saturated heterocycles. The van der Waals surface area contributed by atoms with Gasteiger partial charge in [-0.05, 0) is 64.4 Å². The van der Waals surface area contributed by atoms with Crippen molar-refractivity contribution in [1.29, 1.82) is 0 Å². The lowest BCUT2D eigenvalue weighted by Crippen LogP contribution is -2.43. The Morgan fingerprint density at radius 2 is 1.70 bits per heavy atom. The first-order valence-electron chi connectivity index (χ1n) is 10.7. The van der Waals surface area contributed by atoms with Crippen LogP contribution in [-0.2, 0) is 28.2 Å². The SMILES string of the molecule is CC(=O)OC(CC1OC1(C)CO[Si](C)(C)C(C)(C)C)/C(C)=C/COC(=O)C(C)(C)C. The van der Waals surface area contributed by atoms with Gasteiger partial charge in [0.05, 0.1) is 18.1 Å². The summed E-state index contributed by atoms with van der Waals surface area (Å²) in [6.07, 6.45) is 1.87. The van der Waals surface area contributed by atoms with Gasteiger partial charge in [-0.3, -0.25) is 9.59 Å². The fourth-order valence-corrected chi connectivity index (χ4v) is 3.65. The van der Waals surface area contributed by atoms with Crippen molar-refractivity contribution in [2.45, 2.75) is 105 Å². The van der Waals surface area contributed by atoms with Crippen molar-refractivity contribution in [3.8, 4) is 0 Å². The molecule has 0 radical (unpaired) electrons. The van der Waals surface area contributed by atoms with E-state index in [4.69, 9.17) is 18.6 Å². The summed E-state index contributed by atoms with van der Waals surface area (Å²) < 4.78 is 23.1. The molecular formula is C23H42O6Si. The molecule has 0 aromatic rings. The number of carbonyl (C=O) groups is 2. The van der Waals surface area contributed by atoms with E-state index in [1.165, 1.54) is 6.92 Å². The maximum Gasteiger partial charge on any atom is 0.311 e. The first-order valence-corrected chi connectivity index (χ1v) is 13.6. The highest BCUT2D eigenvalue weighted by molar-refractivity contribution is 6.74. The average molecular weight is 443 g/mol. The third kappa shape index (κ3) is 7.82. The summed E-state index contributed by atoms with van der Waals surface area (Å²) in [7, 11) is -1.86. The molecule has 1 rings (SSSR count). The largest absolute Gasteiger partial charge is 0.461 e. The second kappa shape index (κ2) is 9.53. The maximum absolute atomic E-state index is 11.9. The predicted molar refractivity (Wildman–Crippen MR) is 121 cm³/mol. The van der Waals surface area contributed by atoms with Crippen LogP contribution < -0.4 is 0 Å². The minimum atomic E-state index is -1.86. The Morgan fingerprint density at radius 3 is 2.17 bits per heavy atom. The Balaban J connectivity index is 2.70. The molecule has 0 spiro atoms. The molecule has 0 amide bonds. The van der Waals surface area contributed by atoms with E-state index < -0.39 is 19.8 Å². The van der Waals surface area contributed by atoms with Crippen molar-refractivity contribution in [3.63, 3.8) is 0 Å². The lowest BCUT2D eigenvalue weighted by atomic mass is 9.97. The van der Waals surface area contributed by atoms with E-state index in [2.05, 4.69) is 33.9 Å². The topological polar surface area (TPSA) is 74.4 Å². The van der Waals surface area contributed by atoms with Gasteiger partial charge >= 0.3 is 11.9 Å². The third-order valence-electron chi connectivity index (χ3n) is 6.04. The molecule has 1 heterocycles. The van der Waals surface area contributed by atoms with E-state index in [0.717, 1.165) is 5.57 Å². The summed E-state index contributed by atoms with van der Waals surface area (Å²) in [6, 6.07) is 0. The fourth-order valence-electron chi connectivity index (χ4n) is 2.57. The standard InChI is InChI=1S/C23H42O6Si/c1-16(12-13-26-20(25)21(3,4)5)18(28-17(2)24)14-19-23(9,29-19)15-27-30(10,11)22(6,7)8/h12,18-19H,13-15H2,1-11H3/b16-12+. The van der Waals surface area contributed by atoms with Crippen molar-refractivity contribution in [2.24, 2.45) is 5.41 Å².